The second-order valence-corrected chi connectivity index (χ2v) is 5.80. The quantitative estimate of drug-likeness (QED) is 0.692. The van der Waals surface area contributed by atoms with E-state index < -0.39 is 5.60 Å². The van der Waals surface area contributed by atoms with Crippen molar-refractivity contribution in [3.05, 3.63) is 0 Å². The first-order chi connectivity index (χ1) is 6.02. The summed E-state index contributed by atoms with van der Waals surface area (Å²) in [7, 11) is 0. The highest BCUT2D eigenvalue weighted by atomic mass is 16.3. The maximum Gasteiger partial charge on any atom is 0.0591 e. The van der Waals surface area contributed by atoms with Crippen LogP contribution in [-0.4, -0.2) is 10.7 Å². The Kier molecular flexibility index (Phi) is 2.18. The van der Waals surface area contributed by atoms with Gasteiger partial charge in [0.1, 0.15) is 0 Å². The summed E-state index contributed by atoms with van der Waals surface area (Å²) >= 11 is 0. The van der Waals surface area contributed by atoms with Gasteiger partial charge in [0.05, 0.1) is 5.60 Å². The molecule has 0 amide bonds. The van der Waals surface area contributed by atoms with E-state index in [-0.39, 0.29) is 0 Å². The van der Waals surface area contributed by atoms with E-state index in [1.807, 2.05) is 13.8 Å². The van der Waals surface area contributed by atoms with Crippen molar-refractivity contribution in [3.8, 4) is 0 Å². The molecule has 0 aromatic heterocycles. The molecule has 0 saturated heterocycles. The average Bonchev–Trinajstić information content (AvgIpc) is 2.80. The number of rotatable bonds is 5. The van der Waals surface area contributed by atoms with Crippen molar-refractivity contribution in [1.82, 2.24) is 0 Å². The molecule has 76 valence electrons. The van der Waals surface area contributed by atoms with Gasteiger partial charge in [0.2, 0.25) is 0 Å². The van der Waals surface area contributed by atoms with Crippen LogP contribution in [0.2, 0.25) is 0 Å². The summed E-state index contributed by atoms with van der Waals surface area (Å²) in [4.78, 5) is 0. The summed E-state index contributed by atoms with van der Waals surface area (Å²) < 4.78 is 0. The maximum atomic E-state index is 9.59. The van der Waals surface area contributed by atoms with E-state index in [1.54, 1.807) is 0 Å². The molecular formula is C12H22O. The molecule has 0 radical (unpaired) electrons. The number of aliphatic hydroxyl groups is 1. The zero-order valence-corrected chi connectivity index (χ0v) is 8.97. The average molecular weight is 182 g/mol. The van der Waals surface area contributed by atoms with Gasteiger partial charge in [0, 0.05) is 0 Å². The molecule has 13 heavy (non-hydrogen) atoms. The van der Waals surface area contributed by atoms with Gasteiger partial charge in [0.15, 0.2) is 0 Å². The van der Waals surface area contributed by atoms with Crippen LogP contribution in [-0.2, 0) is 0 Å². The Labute approximate surface area is 81.5 Å². The third-order valence-corrected chi connectivity index (χ3v) is 3.80. The Hall–Kier alpha value is -0.0400. The monoisotopic (exact) mass is 182 g/mol. The summed E-state index contributed by atoms with van der Waals surface area (Å²) in [5, 5.41) is 9.59. The standard InChI is InChI=1S/C12H22O/c1-11(2,13)6-3-7-12(8-9-12)10-4-5-10/h10,13H,3-9H2,1-2H3. The van der Waals surface area contributed by atoms with Crippen molar-refractivity contribution in [2.75, 3.05) is 0 Å². The molecule has 0 unspecified atom stereocenters. The Morgan fingerprint density at radius 1 is 1.31 bits per heavy atom. The lowest BCUT2D eigenvalue weighted by atomic mass is 9.90. The van der Waals surface area contributed by atoms with Gasteiger partial charge in [-0.25, -0.2) is 0 Å². The predicted octanol–water partition coefficient (Wildman–Crippen LogP) is 3.12. The lowest BCUT2D eigenvalue weighted by Crippen LogP contribution is -2.18. The zero-order chi connectivity index (χ0) is 9.53. The fraction of sp³-hybridized carbons (Fsp3) is 1.00. The van der Waals surface area contributed by atoms with E-state index in [9.17, 15) is 5.11 Å². The first kappa shape index (κ1) is 9.51. The molecule has 2 aliphatic rings. The van der Waals surface area contributed by atoms with Gasteiger partial charge in [-0.2, -0.15) is 0 Å². The van der Waals surface area contributed by atoms with Crippen LogP contribution < -0.4 is 0 Å². The SMILES string of the molecule is CC(C)(O)CCCC1(C2CC2)CC1. The minimum atomic E-state index is -0.445. The third-order valence-electron chi connectivity index (χ3n) is 3.80. The van der Waals surface area contributed by atoms with Crippen molar-refractivity contribution in [2.24, 2.45) is 11.3 Å². The van der Waals surface area contributed by atoms with Crippen molar-refractivity contribution in [3.63, 3.8) is 0 Å². The molecule has 0 heterocycles. The second-order valence-electron chi connectivity index (χ2n) is 5.80. The topological polar surface area (TPSA) is 20.2 Å². The minimum Gasteiger partial charge on any atom is -0.390 e. The summed E-state index contributed by atoms with van der Waals surface area (Å²) in [5.74, 6) is 1.08. The molecule has 0 aromatic carbocycles. The van der Waals surface area contributed by atoms with Gasteiger partial charge in [-0.15, -0.1) is 0 Å². The summed E-state index contributed by atoms with van der Waals surface area (Å²) in [5.41, 5.74) is 0.324. The molecule has 2 saturated carbocycles. The van der Waals surface area contributed by atoms with Crippen LogP contribution in [0.3, 0.4) is 0 Å². The van der Waals surface area contributed by atoms with E-state index in [4.69, 9.17) is 0 Å². The largest absolute Gasteiger partial charge is 0.390 e. The van der Waals surface area contributed by atoms with E-state index in [0.29, 0.717) is 0 Å². The van der Waals surface area contributed by atoms with Gasteiger partial charge in [-0.3, -0.25) is 0 Å². The van der Waals surface area contributed by atoms with Gasteiger partial charge >= 0.3 is 0 Å². The zero-order valence-electron chi connectivity index (χ0n) is 8.97. The molecule has 1 heteroatoms. The van der Waals surface area contributed by atoms with E-state index in [0.717, 1.165) is 17.8 Å². The highest BCUT2D eigenvalue weighted by Gasteiger charge is 2.52. The lowest BCUT2D eigenvalue weighted by Gasteiger charge is -2.19. The predicted molar refractivity (Wildman–Crippen MR) is 54.5 cm³/mol. The van der Waals surface area contributed by atoms with Crippen molar-refractivity contribution in [2.45, 2.75) is 64.4 Å². The van der Waals surface area contributed by atoms with Crippen molar-refractivity contribution < 1.29 is 5.11 Å². The van der Waals surface area contributed by atoms with E-state index in [2.05, 4.69) is 0 Å². The van der Waals surface area contributed by atoms with Crippen LogP contribution >= 0.6 is 0 Å². The summed E-state index contributed by atoms with van der Waals surface area (Å²) in [6.45, 7) is 3.84. The summed E-state index contributed by atoms with van der Waals surface area (Å²) in [6, 6.07) is 0. The Morgan fingerprint density at radius 2 is 1.92 bits per heavy atom. The number of hydrogen-bond donors (Lipinski definition) is 1. The molecule has 2 fully saturated rings. The smallest absolute Gasteiger partial charge is 0.0591 e. The molecule has 2 rings (SSSR count). The molecule has 2 aliphatic carbocycles. The van der Waals surface area contributed by atoms with Crippen molar-refractivity contribution in [1.29, 1.82) is 0 Å². The van der Waals surface area contributed by atoms with Crippen LogP contribution in [0, 0.1) is 11.3 Å². The van der Waals surface area contributed by atoms with Gasteiger partial charge < -0.3 is 5.11 Å². The lowest BCUT2D eigenvalue weighted by molar-refractivity contribution is 0.0659. The first-order valence-corrected chi connectivity index (χ1v) is 5.74. The highest BCUT2D eigenvalue weighted by molar-refractivity contribution is 5.03. The molecule has 0 bridgehead atoms. The molecular weight excluding hydrogens is 160 g/mol. The van der Waals surface area contributed by atoms with Crippen LogP contribution in [0.1, 0.15) is 58.8 Å². The Balaban J connectivity index is 1.68. The molecule has 1 N–H and O–H groups in total. The third kappa shape index (κ3) is 2.46. The van der Waals surface area contributed by atoms with Crippen LogP contribution in [0.15, 0.2) is 0 Å². The van der Waals surface area contributed by atoms with E-state index >= 15 is 0 Å². The Morgan fingerprint density at radius 3 is 2.31 bits per heavy atom. The highest BCUT2D eigenvalue weighted by Crippen LogP contribution is 2.63. The maximum absolute atomic E-state index is 9.59. The number of hydrogen-bond acceptors (Lipinski definition) is 1. The van der Waals surface area contributed by atoms with Crippen LogP contribution in [0.5, 0.6) is 0 Å². The van der Waals surface area contributed by atoms with Crippen LogP contribution in [0.25, 0.3) is 0 Å². The summed E-state index contributed by atoms with van der Waals surface area (Å²) in [6.07, 6.45) is 9.50. The molecule has 0 spiro atoms. The minimum absolute atomic E-state index is 0.445. The van der Waals surface area contributed by atoms with Gasteiger partial charge in [0.25, 0.3) is 0 Å². The fourth-order valence-electron chi connectivity index (χ4n) is 2.59. The van der Waals surface area contributed by atoms with Gasteiger partial charge in [-0.05, 0) is 63.7 Å². The molecule has 0 atom stereocenters. The second kappa shape index (κ2) is 2.98. The normalized spacial score (nSPS) is 26.1. The fourth-order valence-corrected chi connectivity index (χ4v) is 2.59. The Bertz CT molecular complexity index is 182. The first-order valence-electron chi connectivity index (χ1n) is 5.74. The molecule has 0 aliphatic heterocycles. The molecule has 1 nitrogen and oxygen atoms in total. The van der Waals surface area contributed by atoms with Crippen LogP contribution in [0.4, 0.5) is 0 Å². The van der Waals surface area contributed by atoms with Gasteiger partial charge in [-0.1, -0.05) is 6.42 Å². The van der Waals surface area contributed by atoms with Crippen molar-refractivity contribution >= 4 is 0 Å². The molecule has 0 aromatic rings. The van der Waals surface area contributed by atoms with E-state index in [1.165, 1.54) is 38.5 Å².